The summed E-state index contributed by atoms with van der Waals surface area (Å²) in [5.74, 6) is 0.399. The summed E-state index contributed by atoms with van der Waals surface area (Å²) in [6.07, 6.45) is 4.25. The summed E-state index contributed by atoms with van der Waals surface area (Å²) in [5, 5.41) is 0. The lowest BCUT2D eigenvalue weighted by molar-refractivity contribution is -0.216. The van der Waals surface area contributed by atoms with Crippen molar-refractivity contribution in [3.05, 3.63) is 11.1 Å². The van der Waals surface area contributed by atoms with Gasteiger partial charge in [-0.1, -0.05) is 13.3 Å². The third kappa shape index (κ3) is 1.02. The van der Waals surface area contributed by atoms with Gasteiger partial charge in [-0.05, 0) is 23.8 Å². The highest BCUT2D eigenvalue weighted by Gasteiger charge is 2.71. The predicted molar refractivity (Wildman–Crippen MR) is 65.1 cm³/mol. The second-order valence-corrected chi connectivity index (χ2v) is 7.08. The Labute approximate surface area is 112 Å². The predicted octanol–water partition coefficient (Wildman–Crippen LogP) is 1.79. The first-order valence-electron chi connectivity index (χ1n) is 7.32. The fourth-order valence-corrected chi connectivity index (χ4v) is 5.64. The first kappa shape index (κ1) is 10.9. The molecule has 0 N–H and O–H groups in total. The first-order chi connectivity index (χ1) is 9.15. The molecular formula is C15H18O4. The van der Waals surface area contributed by atoms with E-state index in [-0.39, 0.29) is 29.2 Å². The first-order valence-corrected chi connectivity index (χ1v) is 7.32. The quantitative estimate of drug-likeness (QED) is 0.624. The fraction of sp³-hybridized carbons (Fsp3) is 0.800. The molecule has 1 saturated carbocycles. The molecule has 0 amide bonds. The number of hydrogen-bond acceptors (Lipinski definition) is 4. The molecule has 4 nitrogen and oxygen atoms in total. The average molecular weight is 262 g/mol. The van der Waals surface area contributed by atoms with Crippen LogP contribution in [0.3, 0.4) is 0 Å². The van der Waals surface area contributed by atoms with Gasteiger partial charge in [-0.3, -0.25) is 0 Å². The van der Waals surface area contributed by atoms with Crippen LogP contribution in [0.5, 0.6) is 0 Å². The van der Waals surface area contributed by atoms with E-state index in [1.54, 1.807) is 0 Å². The molecule has 0 spiro atoms. The van der Waals surface area contributed by atoms with E-state index in [2.05, 4.69) is 6.92 Å². The summed E-state index contributed by atoms with van der Waals surface area (Å²) in [5.41, 5.74) is 2.26. The lowest BCUT2D eigenvalue weighted by Gasteiger charge is -2.57. The molecule has 5 rings (SSSR count). The molecule has 0 aromatic rings. The maximum Gasteiger partial charge on any atom is 0.334 e. The van der Waals surface area contributed by atoms with Crippen LogP contribution in [-0.2, 0) is 19.0 Å². The molecule has 0 aromatic carbocycles. The van der Waals surface area contributed by atoms with Gasteiger partial charge in [0, 0.05) is 17.9 Å². The zero-order valence-electron chi connectivity index (χ0n) is 11.1. The maximum atomic E-state index is 11.9. The van der Waals surface area contributed by atoms with Gasteiger partial charge in [0.25, 0.3) is 0 Å². The van der Waals surface area contributed by atoms with Crippen molar-refractivity contribution in [1.82, 2.24) is 0 Å². The second-order valence-electron chi connectivity index (χ2n) is 7.08. The van der Waals surface area contributed by atoms with Crippen molar-refractivity contribution in [3.8, 4) is 0 Å². The van der Waals surface area contributed by atoms with Crippen LogP contribution in [0.4, 0.5) is 0 Å². The molecule has 5 bridgehead atoms. The van der Waals surface area contributed by atoms with Gasteiger partial charge in [-0.25, -0.2) is 4.79 Å². The van der Waals surface area contributed by atoms with Gasteiger partial charge in [0.1, 0.15) is 6.61 Å². The Hall–Kier alpha value is -0.870. The Morgan fingerprint density at radius 1 is 1.32 bits per heavy atom. The fourth-order valence-electron chi connectivity index (χ4n) is 5.64. The molecule has 4 unspecified atom stereocenters. The summed E-state index contributed by atoms with van der Waals surface area (Å²) in [7, 11) is 0. The summed E-state index contributed by atoms with van der Waals surface area (Å²) >= 11 is 0. The SMILES string of the molecule is CC12CCCC34C5=C(CC(O[C@@H]3OC1)C24)C(=O)OC5. The van der Waals surface area contributed by atoms with Gasteiger partial charge < -0.3 is 14.2 Å². The highest BCUT2D eigenvalue weighted by Crippen LogP contribution is 2.69. The summed E-state index contributed by atoms with van der Waals surface area (Å²) in [4.78, 5) is 11.9. The largest absolute Gasteiger partial charge is 0.458 e. The van der Waals surface area contributed by atoms with Crippen molar-refractivity contribution < 1.29 is 19.0 Å². The molecule has 5 aliphatic rings. The Kier molecular flexibility index (Phi) is 1.75. The Morgan fingerprint density at radius 3 is 3.11 bits per heavy atom. The summed E-state index contributed by atoms with van der Waals surface area (Å²) < 4.78 is 17.6. The van der Waals surface area contributed by atoms with Crippen molar-refractivity contribution in [1.29, 1.82) is 0 Å². The van der Waals surface area contributed by atoms with Gasteiger partial charge in [0.2, 0.25) is 0 Å². The summed E-state index contributed by atoms with van der Waals surface area (Å²) in [6.45, 7) is 3.61. The zero-order chi connectivity index (χ0) is 12.8. The minimum atomic E-state index is -0.141. The monoisotopic (exact) mass is 262 g/mol. The minimum Gasteiger partial charge on any atom is -0.458 e. The molecule has 0 radical (unpaired) electrons. The van der Waals surface area contributed by atoms with E-state index >= 15 is 0 Å². The average Bonchev–Trinajstić information content (AvgIpc) is 2.81. The van der Waals surface area contributed by atoms with Gasteiger partial charge in [0.05, 0.1) is 18.1 Å². The highest BCUT2D eigenvalue weighted by molar-refractivity contribution is 5.92. The van der Waals surface area contributed by atoms with Crippen molar-refractivity contribution in [2.24, 2.45) is 16.7 Å². The van der Waals surface area contributed by atoms with E-state index in [4.69, 9.17) is 14.2 Å². The minimum absolute atomic E-state index is 0.0599. The molecular weight excluding hydrogens is 244 g/mol. The van der Waals surface area contributed by atoms with Crippen LogP contribution in [0.2, 0.25) is 0 Å². The highest BCUT2D eigenvalue weighted by atomic mass is 16.7. The van der Waals surface area contributed by atoms with Gasteiger partial charge in [0.15, 0.2) is 6.29 Å². The van der Waals surface area contributed by atoms with Crippen molar-refractivity contribution in [2.75, 3.05) is 13.2 Å². The normalized spacial score (nSPS) is 54.2. The van der Waals surface area contributed by atoms with E-state index in [1.165, 1.54) is 18.4 Å². The van der Waals surface area contributed by atoms with E-state index in [0.717, 1.165) is 25.0 Å². The topological polar surface area (TPSA) is 44.8 Å². The lowest BCUT2D eigenvalue weighted by Crippen LogP contribution is -2.58. The molecule has 3 heterocycles. The number of carbonyl (C=O) groups is 1. The summed E-state index contributed by atoms with van der Waals surface area (Å²) in [6, 6.07) is 0. The van der Waals surface area contributed by atoms with Crippen LogP contribution in [0.1, 0.15) is 32.6 Å². The van der Waals surface area contributed by atoms with Crippen LogP contribution in [-0.4, -0.2) is 31.6 Å². The number of ether oxygens (including phenoxy) is 3. The van der Waals surface area contributed by atoms with Crippen LogP contribution in [0.25, 0.3) is 0 Å². The van der Waals surface area contributed by atoms with Crippen LogP contribution >= 0.6 is 0 Å². The number of carbonyl (C=O) groups excluding carboxylic acids is 1. The molecule has 3 aliphatic heterocycles. The lowest BCUT2D eigenvalue weighted by atomic mass is 9.48. The maximum absolute atomic E-state index is 11.9. The second kappa shape index (κ2) is 3.07. The molecule has 2 saturated heterocycles. The van der Waals surface area contributed by atoms with Crippen LogP contribution in [0.15, 0.2) is 11.1 Å². The van der Waals surface area contributed by atoms with E-state index in [0.29, 0.717) is 12.5 Å². The Morgan fingerprint density at radius 2 is 2.21 bits per heavy atom. The van der Waals surface area contributed by atoms with Gasteiger partial charge in [-0.2, -0.15) is 0 Å². The van der Waals surface area contributed by atoms with E-state index in [9.17, 15) is 4.79 Å². The van der Waals surface area contributed by atoms with Crippen LogP contribution in [0, 0.1) is 16.7 Å². The number of cyclic esters (lactones) is 1. The van der Waals surface area contributed by atoms with Crippen LogP contribution < -0.4 is 0 Å². The number of rotatable bonds is 0. The third-order valence-electron chi connectivity index (χ3n) is 6.22. The smallest absolute Gasteiger partial charge is 0.334 e. The number of hydrogen-bond donors (Lipinski definition) is 0. The molecule has 2 aliphatic carbocycles. The Balaban J connectivity index is 1.76. The standard InChI is InChI=1S/C15H18O4/c1-14-3-2-4-15-9-6-17-12(16)8(9)5-10(11(14)15)19-13(15)18-7-14/h10-11,13H,2-7H2,1H3/t10?,11?,13-,14?,15?/m0/s1. The molecule has 102 valence electrons. The van der Waals surface area contributed by atoms with Crippen molar-refractivity contribution >= 4 is 5.97 Å². The van der Waals surface area contributed by atoms with E-state index < -0.39 is 0 Å². The van der Waals surface area contributed by atoms with Gasteiger partial charge >= 0.3 is 5.97 Å². The molecule has 5 atom stereocenters. The third-order valence-corrected chi connectivity index (χ3v) is 6.22. The molecule has 19 heavy (non-hydrogen) atoms. The van der Waals surface area contributed by atoms with Crippen molar-refractivity contribution in [2.45, 2.75) is 45.0 Å². The number of esters is 1. The van der Waals surface area contributed by atoms with Gasteiger partial charge in [-0.15, -0.1) is 0 Å². The Bertz CT molecular complexity index is 524. The molecule has 4 heteroatoms. The van der Waals surface area contributed by atoms with E-state index in [1.807, 2.05) is 0 Å². The molecule has 3 fully saturated rings. The molecule has 0 aromatic heterocycles. The van der Waals surface area contributed by atoms with Crippen molar-refractivity contribution in [3.63, 3.8) is 0 Å². The zero-order valence-corrected chi connectivity index (χ0v) is 11.1.